The molecular formula is C14H23N3O3. The van der Waals surface area contributed by atoms with Crippen molar-refractivity contribution in [2.24, 2.45) is 0 Å². The van der Waals surface area contributed by atoms with E-state index in [-0.39, 0.29) is 24.1 Å². The lowest BCUT2D eigenvalue weighted by Crippen LogP contribution is -2.39. The monoisotopic (exact) mass is 281 g/mol. The summed E-state index contributed by atoms with van der Waals surface area (Å²) in [5.74, 6) is 0.231. The third kappa shape index (κ3) is 3.90. The van der Waals surface area contributed by atoms with Crippen molar-refractivity contribution in [2.45, 2.75) is 52.5 Å². The zero-order valence-corrected chi connectivity index (χ0v) is 12.5. The zero-order chi connectivity index (χ0) is 15.3. The molecule has 1 heterocycles. The molecule has 3 N–H and O–H groups in total. The van der Waals surface area contributed by atoms with Crippen LogP contribution in [-0.2, 0) is 0 Å². The van der Waals surface area contributed by atoms with Gasteiger partial charge in [-0.3, -0.25) is 9.59 Å². The average molecular weight is 281 g/mol. The second kappa shape index (κ2) is 7.19. The van der Waals surface area contributed by atoms with Crippen molar-refractivity contribution in [3.63, 3.8) is 0 Å². The summed E-state index contributed by atoms with van der Waals surface area (Å²) in [7, 11) is 0. The molecule has 0 saturated carbocycles. The molecule has 6 nitrogen and oxygen atoms in total. The molecular weight excluding hydrogens is 258 g/mol. The third-order valence-corrected chi connectivity index (χ3v) is 3.20. The zero-order valence-electron chi connectivity index (χ0n) is 12.5. The molecule has 1 amide bonds. The lowest BCUT2D eigenvalue weighted by atomic mass is 10.1. The molecule has 1 aromatic rings. The molecule has 0 bridgehead atoms. The van der Waals surface area contributed by atoms with Gasteiger partial charge in [0, 0.05) is 18.6 Å². The number of carbonyl (C=O) groups is 1. The molecule has 20 heavy (non-hydrogen) atoms. The van der Waals surface area contributed by atoms with Crippen LogP contribution in [0.25, 0.3) is 0 Å². The van der Waals surface area contributed by atoms with Gasteiger partial charge in [0.2, 0.25) is 0 Å². The first kappa shape index (κ1) is 16.4. The fraction of sp³-hybridized carbons (Fsp3) is 0.643. The number of carbonyl (C=O) groups excluding carboxylic acids is 1. The van der Waals surface area contributed by atoms with E-state index in [1.54, 1.807) is 6.92 Å². The molecule has 0 aliphatic rings. The van der Waals surface area contributed by atoms with Gasteiger partial charge in [-0.1, -0.05) is 20.8 Å². The number of aliphatic hydroxyl groups excluding tert-OH is 1. The van der Waals surface area contributed by atoms with Crippen LogP contribution in [0.3, 0.4) is 0 Å². The Hall–Kier alpha value is -1.69. The van der Waals surface area contributed by atoms with E-state index in [1.807, 2.05) is 20.8 Å². The number of rotatable bonds is 6. The predicted molar refractivity (Wildman–Crippen MR) is 76.9 cm³/mol. The van der Waals surface area contributed by atoms with E-state index in [1.165, 1.54) is 0 Å². The molecule has 112 valence electrons. The highest BCUT2D eigenvalue weighted by Gasteiger charge is 2.19. The highest BCUT2D eigenvalue weighted by atomic mass is 16.3. The number of aromatic nitrogens is 2. The van der Waals surface area contributed by atoms with Crippen LogP contribution >= 0.6 is 0 Å². The maximum absolute atomic E-state index is 12.2. The molecule has 0 aliphatic heterocycles. The van der Waals surface area contributed by atoms with Gasteiger partial charge in [0.15, 0.2) is 0 Å². The van der Waals surface area contributed by atoms with Crippen molar-refractivity contribution in [2.75, 3.05) is 6.61 Å². The van der Waals surface area contributed by atoms with E-state index in [9.17, 15) is 9.59 Å². The lowest BCUT2D eigenvalue weighted by Gasteiger charge is -2.16. The number of nitrogens with one attached hydrogen (secondary N) is 2. The SMILES string of the molecule is CCC(CCO)NC(=O)c1c(C)nc(C(C)C)[nH]c1=O. The summed E-state index contributed by atoms with van der Waals surface area (Å²) >= 11 is 0. The van der Waals surface area contributed by atoms with Crippen LogP contribution in [0.1, 0.15) is 61.4 Å². The minimum Gasteiger partial charge on any atom is -0.396 e. The van der Waals surface area contributed by atoms with Gasteiger partial charge in [-0.05, 0) is 19.8 Å². The molecule has 0 aliphatic carbocycles. The number of nitrogens with zero attached hydrogens (tertiary/aromatic N) is 1. The van der Waals surface area contributed by atoms with Gasteiger partial charge in [0.05, 0.1) is 5.69 Å². The smallest absolute Gasteiger partial charge is 0.264 e. The Kier molecular flexibility index (Phi) is 5.88. The van der Waals surface area contributed by atoms with Gasteiger partial charge in [0.1, 0.15) is 11.4 Å². The Balaban J connectivity index is 3.02. The third-order valence-electron chi connectivity index (χ3n) is 3.20. The number of hydrogen-bond acceptors (Lipinski definition) is 4. The fourth-order valence-corrected chi connectivity index (χ4v) is 1.94. The second-order valence-corrected chi connectivity index (χ2v) is 5.16. The van der Waals surface area contributed by atoms with Gasteiger partial charge in [-0.25, -0.2) is 4.98 Å². The van der Waals surface area contributed by atoms with Crippen LogP contribution in [-0.4, -0.2) is 33.6 Å². The molecule has 0 radical (unpaired) electrons. The summed E-state index contributed by atoms with van der Waals surface area (Å²) in [6.07, 6.45) is 1.16. The summed E-state index contributed by atoms with van der Waals surface area (Å²) in [6, 6.07) is -0.143. The normalized spacial score (nSPS) is 12.5. The minimum atomic E-state index is -0.438. The van der Waals surface area contributed by atoms with E-state index in [0.717, 1.165) is 0 Å². The Morgan fingerprint density at radius 2 is 2.10 bits per heavy atom. The highest BCUT2D eigenvalue weighted by molar-refractivity contribution is 5.95. The maximum Gasteiger partial charge on any atom is 0.264 e. The first-order valence-electron chi connectivity index (χ1n) is 6.93. The highest BCUT2D eigenvalue weighted by Crippen LogP contribution is 2.09. The van der Waals surface area contributed by atoms with E-state index < -0.39 is 11.5 Å². The molecule has 1 atom stereocenters. The molecule has 0 aromatic carbocycles. The first-order valence-corrected chi connectivity index (χ1v) is 6.93. The van der Waals surface area contributed by atoms with Gasteiger partial charge in [0.25, 0.3) is 11.5 Å². The van der Waals surface area contributed by atoms with Crippen molar-refractivity contribution in [3.8, 4) is 0 Å². The predicted octanol–water partition coefficient (Wildman–Crippen LogP) is 1.09. The molecule has 1 unspecified atom stereocenters. The molecule has 6 heteroatoms. The van der Waals surface area contributed by atoms with E-state index in [4.69, 9.17) is 5.11 Å². The summed E-state index contributed by atoms with van der Waals surface area (Å²) in [5.41, 5.74) is 0.0529. The molecule has 1 rings (SSSR count). The van der Waals surface area contributed by atoms with E-state index in [2.05, 4.69) is 15.3 Å². The standard InChI is InChI=1S/C14H23N3O3/c1-5-10(6-7-18)16-13(19)11-9(4)15-12(8(2)3)17-14(11)20/h8,10,18H,5-7H2,1-4H3,(H,16,19)(H,15,17,20). The van der Waals surface area contributed by atoms with Crippen molar-refractivity contribution in [3.05, 3.63) is 27.4 Å². The second-order valence-electron chi connectivity index (χ2n) is 5.16. The fourth-order valence-electron chi connectivity index (χ4n) is 1.94. The van der Waals surface area contributed by atoms with Crippen LogP contribution in [0, 0.1) is 6.92 Å². The summed E-state index contributed by atoms with van der Waals surface area (Å²) in [6.45, 7) is 7.41. The van der Waals surface area contributed by atoms with Crippen LogP contribution < -0.4 is 10.9 Å². The molecule has 1 aromatic heterocycles. The Morgan fingerprint density at radius 1 is 1.45 bits per heavy atom. The summed E-state index contributed by atoms with van der Waals surface area (Å²) < 4.78 is 0. The topological polar surface area (TPSA) is 95.1 Å². The number of amides is 1. The first-order chi connectivity index (χ1) is 9.40. The molecule has 0 saturated heterocycles. The minimum absolute atomic E-state index is 0.00133. The van der Waals surface area contributed by atoms with Gasteiger partial charge >= 0.3 is 0 Å². The Labute approximate surface area is 118 Å². The summed E-state index contributed by atoms with van der Waals surface area (Å²) in [5, 5.41) is 11.7. The van der Waals surface area contributed by atoms with Crippen molar-refractivity contribution >= 4 is 5.91 Å². The van der Waals surface area contributed by atoms with Crippen molar-refractivity contribution in [1.82, 2.24) is 15.3 Å². The molecule has 0 fully saturated rings. The van der Waals surface area contributed by atoms with E-state index in [0.29, 0.717) is 24.4 Å². The average Bonchev–Trinajstić information content (AvgIpc) is 2.37. The lowest BCUT2D eigenvalue weighted by molar-refractivity contribution is 0.0926. The largest absolute Gasteiger partial charge is 0.396 e. The number of aryl methyl sites for hydroxylation is 1. The Morgan fingerprint density at radius 3 is 2.55 bits per heavy atom. The van der Waals surface area contributed by atoms with Crippen LogP contribution in [0.2, 0.25) is 0 Å². The van der Waals surface area contributed by atoms with Crippen molar-refractivity contribution in [1.29, 1.82) is 0 Å². The van der Waals surface area contributed by atoms with Gasteiger partial charge in [-0.2, -0.15) is 0 Å². The summed E-state index contributed by atoms with van der Waals surface area (Å²) in [4.78, 5) is 31.1. The number of aromatic amines is 1. The van der Waals surface area contributed by atoms with Gasteiger partial charge in [-0.15, -0.1) is 0 Å². The van der Waals surface area contributed by atoms with Gasteiger partial charge < -0.3 is 15.4 Å². The number of hydrogen-bond donors (Lipinski definition) is 3. The van der Waals surface area contributed by atoms with E-state index >= 15 is 0 Å². The van der Waals surface area contributed by atoms with Crippen LogP contribution in [0.4, 0.5) is 0 Å². The van der Waals surface area contributed by atoms with Crippen LogP contribution in [0.5, 0.6) is 0 Å². The Bertz CT molecular complexity index is 523. The van der Waals surface area contributed by atoms with Crippen molar-refractivity contribution < 1.29 is 9.90 Å². The quantitative estimate of drug-likeness (QED) is 0.727. The number of H-pyrrole nitrogens is 1. The number of aliphatic hydroxyl groups is 1. The maximum atomic E-state index is 12.2. The molecule has 0 spiro atoms. The van der Waals surface area contributed by atoms with Crippen LogP contribution in [0.15, 0.2) is 4.79 Å².